The molecule has 16 heavy (non-hydrogen) atoms. The Bertz CT molecular complexity index is 287. The third-order valence-electron chi connectivity index (χ3n) is 4.63. The van der Waals surface area contributed by atoms with Gasteiger partial charge in [0.15, 0.2) is 0 Å². The van der Waals surface area contributed by atoms with Gasteiger partial charge in [-0.25, -0.2) is 0 Å². The summed E-state index contributed by atoms with van der Waals surface area (Å²) in [5, 5.41) is 8.97. The summed E-state index contributed by atoms with van der Waals surface area (Å²) in [6, 6.07) is 1.19. The van der Waals surface area contributed by atoms with Crippen molar-refractivity contribution >= 4 is 5.97 Å². The van der Waals surface area contributed by atoms with Gasteiger partial charge in [-0.1, -0.05) is 0 Å². The predicted octanol–water partition coefficient (Wildman–Crippen LogP) is 0.630. The van der Waals surface area contributed by atoms with Crippen molar-refractivity contribution in [2.75, 3.05) is 26.2 Å². The van der Waals surface area contributed by atoms with Crippen LogP contribution in [0.1, 0.15) is 25.7 Å². The number of hydrogen-bond acceptors (Lipinski definition) is 3. The number of carboxylic acids is 1. The lowest BCUT2D eigenvalue weighted by molar-refractivity contribution is -0.142. The number of nitrogens with zero attached hydrogens (tertiary/aromatic N) is 2. The van der Waals surface area contributed by atoms with Crippen LogP contribution in [0.2, 0.25) is 0 Å². The fraction of sp³-hybridized carbons (Fsp3) is 0.917. The van der Waals surface area contributed by atoms with E-state index in [4.69, 9.17) is 5.11 Å². The van der Waals surface area contributed by atoms with Crippen molar-refractivity contribution in [2.24, 2.45) is 5.92 Å². The zero-order valence-electron chi connectivity index (χ0n) is 9.64. The van der Waals surface area contributed by atoms with E-state index in [9.17, 15) is 4.79 Å². The molecule has 4 nitrogen and oxygen atoms in total. The first-order chi connectivity index (χ1) is 7.75. The van der Waals surface area contributed by atoms with Crippen LogP contribution in [0.25, 0.3) is 0 Å². The highest BCUT2D eigenvalue weighted by Gasteiger charge is 2.46. The summed E-state index contributed by atoms with van der Waals surface area (Å²) in [5.74, 6) is 0.0896. The Morgan fingerprint density at radius 1 is 1.19 bits per heavy atom. The van der Waals surface area contributed by atoms with Gasteiger partial charge in [0.25, 0.3) is 0 Å². The fourth-order valence-electron chi connectivity index (χ4n) is 4.03. The molecule has 0 aliphatic carbocycles. The van der Waals surface area contributed by atoms with Crippen LogP contribution in [-0.4, -0.2) is 59.1 Å². The molecule has 90 valence electrons. The molecule has 2 unspecified atom stereocenters. The summed E-state index contributed by atoms with van der Waals surface area (Å²) in [6.07, 6.45) is 4.99. The molecule has 2 atom stereocenters. The molecule has 0 radical (unpaired) electrons. The van der Waals surface area contributed by atoms with Crippen molar-refractivity contribution in [1.82, 2.24) is 9.80 Å². The van der Waals surface area contributed by atoms with Crippen molar-refractivity contribution < 1.29 is 9.90 Å². The zero-order chi connectivity index (χ0) is 11.1. The van der Waals surface area contributed by atoms with Gasteiger partial charge in [-0.2, -0.15) is 0 Å². The molecule has 0 aromatic rings. The molecule has 0 spiro atoms. The first kappa shape index (κ1) is 10.5. The Labute approximate surface area is 96.2 Å². The van der Waals surface area contributed by atoms with Gasteiger partial charge in [-0.15, -0.1) is 0 Å². The van der Waals surface area contributed by atoms with Crippen LogP contribution in [0, 0.1) is 5.92 Å². The number of likely N-dealkylation sites (tertiary alicyclic amines) is 1. The maximum Gasteiger partial charge on any atom is 0.317 e. The van der Waals surface area contributed by atoms with Gasteiger partial charge in [0.2, 0.25) is 0 Å². The van der Waals surface area contributed by atoms with E-state index in [-0.39, 0.29) is 6.54 Å². The highest BCUT2D eigenvalue weighted by molar-refractivity contribution is 5.69. The van der Waals surface area contributed by atoms with E-state index in [1.807, 2.05) is 0 Å². The fourth-order valence-corrected chi connectivity index (χ4v) is 4.03. The molecule has 4 rings (SSSR count). The second-order valence-corrected chi connectivity index (χ2v) is 5.44. The van der Waals surface area contributed by atoms with E-state index in [0.717, 1.165) is 18.9 Å². The minimum atomic E-state index is -0.669. The first-order valence-electron chi connectivity index (χ1n) is 6.45. The zero-order valence-corrected chi connectivity index (χ0v) is 9.64. The lowest BCUT2D eigenvalue weighted by Gasteiger charge is -2.56. The van der Waals surface area contributed by atoms with E-state index in [1.165, 1.54) is 32.4 Å². The van der Waals surface area contributed by atoms with Gasteiger partial charge < -0.3 is 5.11 Å². The molecule has 4 aliphatic heterocycles. The smallest absolute Gasteiger partial charge is 0.317 e. The average molecular weight is 224 g/mol. The Balaban J connectivity index is 1.78. The minimum absolute atomic E-state index is 0.242. The third kappa shape index (κ3) is 1.64. The number of fused-ring (bicyclic) bond motifs is 2. The van der Waals surface area contributed by atoms with E-state index >= 15 is 0 Å². The molecule has 0 aromatic carbocycles. The van der Waals surface area contributed by atoms with Gasteiger partial charge >= 0.3 is 5.97 Å². The van der Waals surface area contributed by atoms with E-state index in [0.29, 0.717) is 12.1 Å². The normalized spacial score (nSPS) is 43.0. The van der Waals surface area contributed by atoms with Crippen molar-refractivity contribution in [3.05, 3.63) is 0 Å². The van der Waals surface area contributed by atoms with Crippen LogP contribution >= 0.6 is 0 Å². The topological polar surface area (TPSA) is 43.8 Å². The Kier molecular flexibility index (Phi) is 2.64. The summed E-state index contributed by atoms with van der Waals surface area (Å²) in [7, 11) is 0. The van der Waals surface area contributed by atoms with Crippen molar-refractivity contribution in [1.29, 1.82) is 0 Å². The number of carboxylic acid groups (broad SMARTS) is 1. The van der Waals surface area contributed by atoms with Crippen LogP contribution in [0.4, 0.5) is 0 Å². The van der Waals surface area contributed by atoms with Crippen LogP contribution in [-0.2, 0) is 4.79 Å². The van der Waals surface area contributed by atoms with Gasteiger partial charge in [0.1, 0.15) is 0 Å². The van der Waals surface area contributed by atoms with Gasteiger partial charge in [-0.3, -0.25) is 14.6 Å². The van der Waals surface area contributed by atoms with Gasteiger partial charge in [0, 0.05) is 12.1 Å². The Morgan fingerprint density at radius 3 is 2.62 bits per heavy atom. The van der Waals surface area contributed by atoms with Gasteiger partial charge in [-0.05, 0) is 51.2 Å². The van der Waals surface area contributed by atoms with E-state index < -0.39 is 5.97 Å². The van der Waals surface area contributed by atoms with Crippen molar-refractivity contribution in [3.63, 3.8) is 0 Å². The van der Waals surface area contributed by atoms with Gasteiger partial charge in [0.05, 0.1) is 6.54 Å². The number of piperidine rings is 4. The number of hydrogen-bond donors (Lipinski definition) is 1. The maximum atomic E-state index is 10.9. The molecule has 4 heterocycles. The first-order valence-corrected chi connectivity index (χ1v) is 6.45. The monoisotopic (exact) mass is 224 g/mol. The predicted molar refractivity (Wildman–Crippen MR) is 60.3 cm³/mol. The molecular weight excluding hydrogens is 204 g/mol. The minimum Gasteiger partial charge on any atom is -0.480 e. The largest absolute Gasteiger partial charge is 0.480 e. The molecule has 4 fully saturated rings. The molecule has 0 amide bonds. The SMILES string of the molecule is O=C(O)CN1CCCC2C1C1CCN2CC1. The van der Waals surface area contributed by atoms with Crippen LogP contribution in [0.15, 0.2) is 0 Å². The molecule has 0 saturated carbocycles. The lowest BCUT2D eigenvalue weighted by atomic mass is 9.74. The number of rotatable bonds is 2. The summed E-state index contributed by atoms with van der Waals surface area (Å²) in [4.78, 5) is 15.7. The molecule has 1 N–H and O–H groups in total. The lowest BCUT2D eigenvalue weighted by Crippen LogP contribution is -2.66. The van der Waals surface area contributed by atoms with E-state index in [1.54, 1.807) is 0 Å². The van der Waals surface area contributed by atoms with E-state index in [2.05, 4.69) is 9.80 Å². The standard InChI is InChI=1S/C12H20N2O2/c15-11(16)8-14-5-1-2-10-12(14)9-3-6-13(10)7-4-9/h9-10,12H,1-8H2,(H,15,16). The highest BCUT2D eigenvalue weighted by Crippen LogP contribution is 2.39. The summed E-state index contributed by atoms with van der Waals surface area (Å²) in [5.41, 5.74) is 0. The Hall–Kier alpha value is -0.610. The average Bonchev–Trinajstić information content (AvgIpc) is 2.30. The molecule has 4 saturated heterocycles. The number of carbonyl (C=O) groups is 1. The number of aliphatic carboxylic acids is 1. The van der Waals surface area contributed by atoms with Crippen LogP contribution in [0.3, 0.4) is 0 Å². The molecule has 4 heteroatoms. The van der Waals surface area contributed by atoms with Crippen LogP contribution in [0.5, 0.6) is 0 Å². The second kappa shape index (κ2) is 4.00. The van der Waals surface area contributed by atoms with Crippen molar-refractivity contribution in [3.8, 4) is 0 Å². The maximum absolute atomic E-state index is 10.9. The molecular formula is C12H20N2O2. The Morgan fingerprint density at radius 2 is 1.94 bits per heavy atom. The molecule has 2 bridgehead atoms. The summed E-state index contributed by atoms with van der Waals surface area (Å²) < 4.78 is 0. The molecule has 4 aliphatic rings. The second-order valence-electron chi connectivity index (χ2n) is 5.44. The highest BCUT2D eigenvalue weighted by atomic mass is 16.4. The van der Waals surface area contributed by atoms with Crippen molar-refractivity contribution in [2.45, 2.75) is 37.8 Å². The summed E-state index contributed by atoms with van der Waals surface area (Å²) in [6.45, 7) is 3.71. The summed E-state index contributed by atoms with van der Waals surface area (Å²) >= 11 is 0. The quantitative estimate of drug-likeness (QED) is 0.747. The third-order valence-corrected chi connectivity index (χ3v) is 4.63. The van der Waals surface area contributed by atoms with Crippen LogP contribution < -0.4 is 0 Å². The molecule has 0 aromatic heterocycles.